The number of aromatic nitrogens is 1. The number of benzene rings is 2. The number of carbonyl (C=O) groups is 1. The smallest absolute Gasteiger partial charge is 0.267 e. The Morgan fingerprint density at radius 3 is 2.68 bits per heavy atom. The van der Waals surface area contributed by atoms with Gasteiger partial charge in [-0.05, 0) is 60.7 Å². The zero-order chi connectivity index (χ0) is 19.8. The topological polar surface area (TPSA) is 83.5 Å². The summed E-state index contributed by atoms with van der Waals surface area (Å²) in [6.07, 6.45) is 4.41. The van der Waals surface area contributed by atoms with Gasteiger partial charge in [0.05, 0.1) is 12.2 Å². The summed E-state index contributed by atoms with van der Waals surface area (Å²) in [5, 5.41) is 11.9. The van der Waals surface area contributed by atoms with Crippen LogP contribution in [0.4, 0.5) is 10.1 Å². The van der Waals surface area contributed by atoms with Gasteiger partial charge in [0.15, 0.2) is 0 Å². The molecule has 1 heterocycles. The molecule has 0 bridgehead atoms. The van der Waals surface area contributed by atoms with E-state index < -0.39 is 5.91 Å². The van der Waals surface area contributed by atoms with E-state index in [4.69, 9.17) is 9.94 Å². The number of hydroxylamine groups is 1. The molecule has 0 saturated carbocycles. The molecule has 0 unspecified atom stereocenters. The molecule has 0 atom stereocenters. The summed E-state index contributed by atoms with van der Waals surface area (Å²) in [7, 11) is 0. The molecule has 0 aliphatic heterocycles. The average Bonchev–Trinajstić information content (AvgIpc) is 2.74. The lowest BCUT2D eigenvalue weighted by molar-refractivity contribution is -0.124. The number of rotatable bonds is 7. The molecule has 1 aromatic heterocycles. The third-order valence-corrected chi connectivity index (χ3v) is 3.78. The Morgan fingerprint density at radius 2 is 1.96 bits per heavy atom. The van der Waals surface area contributed by atoms with Crippen molar-refractivity contribution in [2.75, 3.05) is 5.32 Å². The summed E-state index contributed by atoms with van der Waals surface area (Å²) in [4.78, 5) is 15.6. The number of anilines is 1. The van der Waals surface area contributed by atoms with Crippen LogP contribution in [0.3, 0.4) is 0 Å². The molecule has 3 rings (SSSR count). The molecule has 28 heavy (non-hydrogen) atoms. The SMILES string of the molecule is O=C(/C=C/c1cc(NCc2ccccn2)ccc1Oc1ccc(F)cc1)NO. The van der Waals surface area contributed by atoms with Gasteiger partial charge in [-0.1, -0.05) is 6.07 Å². The second-order valence-corrected chi connectivity index (χ2v) is 5.79. The average molecular weight is 379 g/mol. The molecule has 0 radical (unpaired) electrons. The molecule has 2 aromatic carbocycles. The van der Waals surface area contributed by atoms with Crippen LogP contribution in [-0.2, 0) is 11.3 Å². The van der Waals surface area contributed by atoms with Crippen LogP contribution in [0.25, 0.3) is 6.08 Å². The first kappa shape index (κ1) is 19.1. The van der Waals surface area contributed by atoms with Crippen LogP contribution in [0.15, 0.2) is 72.9 Å². The van der Waals surface area contributed by atoms with Gasteiger partial charge in [-0.2, -0.15) is 0 Å². The predicted octanol–water partition coefficient (Wildman–Crippen LogP) is 4.14. The van der Waals surface area contributed by atoms with Gasteiger partial charge in [0.2, 0.25) is 0 Å². The van der Waals surface area contributed by atoms with Gasteiger partial charge < -0.3 is 10.1 Å². The molecule has 0 aliphatic rings. The van der Waals surface area contributed by atoms with Crippen molar-refractivity contribution in [3.8, 4) is 11.5 Å². The summed E-state index contributed by atoms with van der Waals surface area (Å²) in [6, 6.07) is 16.6. The van der Waals surface area contributed by atoms with Crippen molar-refractivity contribution in [2.45, 2.75) is 6.54 Å². The van der Waals surface area contributed by atoms with E-state index in [1.807, 2.05) is 24.3 Å². The fraction of sp³-hybridized carbons (Fsp3) is 0.0476. The molecule has 7 heteroatoms. The number of amides is 1. The minimum absolute atomic E-state index is 0.360. The van der Waals surface area contributed by atoms with Crippen LogP contribution in [0, 0.1) is 5.82 Å². The zero-order valence-corrected chi connectivity index (χ0v) is 14.8. The standard InChI is InChI=1S/C21H18FN3O3/c22-16-5-8-19(9-6-16)28-20-10-7-17(13-15(20)4-11-21(26)25-27)24-14-18-3-1-2-12-23-18/h1-13,24,27H,14H2,(H,25,26)/b11-4+. The second kappa shape index (κ2) is 9.29. The Morgan fingerprint density at radius 1 is 1.14 bits per heavy atom. The minimum Gasteiger partial charge on any atom is -0.457 e. The van der Waals surface area contributed by atoms with Gasteiger partial charge >= 0.3 is 0 Å². The van der Waals surface area contributed by atoms with E-state index in [9.17, 15) is 9.18 Å². The first-order valence-corrected chi connectivity index (χ1v) is 8.47. The molecule has 0 aliphatic carbocycles. The number of nitrogens with zero attached hydrogens (tertiary/aromatic N) is 1. The van der Waals surface area contributed by atoms with Crippen LogP contribution in [0.2, 0.25) is 0 Å². The number of ether oxygens (including phenoxy) is 1. The lowest BCUT2D eigenvalue weighted by Crippen LogP contribution is -2.14. The fourth-order valence-corrected chi connectivity index (χ4v) is 2.41. The number of nitrogens with one attached hydrogen (secondary N) is 2. The van der Waals surface area contributed by atoms with Crippen molar-refractivity contribution in [2.24, 2.45) is 0 Å². The summed E-state index contributed by atoms with van der Waals surface area (Å²) in [6.45, 7) is 0.527. The maximum Gasteiger partial charge on any atom is 0.267 e. The van der Waals surface area contributed by atoms with Gasteiger partial charge in [0, 0.05) is 23.5 Å². The molecule has 0 spiro atoms. The van der Waals surface area contributed by atoms with Crippen LogP contribution < -0.4 is 15.5 Å². The molecule has 0 saturated heterocycles. The monoisotopic (exact) mass is 379 g/mol. The van der Waals surface area contributed by atoms with E-state index in [2.05, 4.69) is 10.3 Å². The van der Waals surface area contributed by atoms with E-state index in [-0.39, 0.29) is 5.82 Å². The van der Waals surface area contributed by atoms with Crippen LogP contribution in [0.1, 0.15) is 11.3 Å². The van der Waals surface area contributed by atoms with Crippen molar-refractivity contribution < 1.29 is 19.1 Å². The van der Waals surface area contributed by atoms with Gasteiger partial charge in [-0.25, -0.2) is 9.87 Å². The van der Waals surface area contributed by atoms with E-state index in [0.29, 0.717) is 23.6 Å². The molecule has 6 nitrogen and oxygen atoms in total. The Bertz CT molecular complexity index is 960. The molecule has 142 valence electrons. The largest absolute Gasteiger partial charge is 0.457 e. The summed E-state index contributed by atoms with van der Waals surface area (Å²) < 4.78 is 18.9. The molecule has 1 amide bonds. The third kappa shape index (κ3) is 5.39. The van der Waals surface area contributed by atoms with Gasteiger partial charge in [-0.3, -0.25) is 15.0 Å². The maximum atomic E-state index is 13.1. The van der Waals surface area contributed by atoms with E-state index in [1.165, 1.54) is 41.9 Å². The van der Waals surface area contributed by atoms with Crippen molar-refractivity contribution in [1.82, 2.24) is 10.5 Å². The van der Waals surface area contributed by atoms with Crippen LogP contribution in [0.5, 0.6) is 11.5 Å². The van der Waals surface area contributed by atoms with Crippen molar-refractivity contribution in [1.29, 1.82) is 0 Å². The normalized spacial score (nSPS) is 10.6. The first-order valence-electron chi connectivity index (χ1n) is 8.47. The maximum absolute atomic E-state index is 13.1. The zero-order valence-electron chi connectivity index (χ0n) is 14.8. The molecular weight excluding hydrogens is 361 g/mol. The van der Waals surface area contributed by atoms with Crippen molar-refractivity contribution >= 4 is 17.7 Å². The van der Waals surface area contributed by atoms with Gasteiger partial charge in [-0.15, -0.1) is 0 Å². The number of carbonyl (C=O) groups excluding carboxylic acids is 1. The Hall–Kier alpha value is -3.71. The Kier molecular flexibility index (Phi) is 6.33. The Labute approximate surface area is 161 Å². The number of halogens is 1. The molecule has 3 N–H and O–H groups in total. The van der Waals surface area contributed by atoms with Crippen LogP contribution in [-0.4, -0.2) is 16.1 Å². The lowest BCUT2D eigenvalue weighted by Gasteiger charge is -2.12. The number of hydrogen-bond donors (Lipinski definition) is 3. The van der Waals surface area contributed by atoms with Gasteiger partial charge in [0.25, 0.3) is 5.91 Å². The molecule has 3 aromatic rings. The predicted molar refractivity (Wildman–Crippen MR) is 103 cm³/mol. The highest BCUT2D eigenvalue weighted by atomic mass is 19.1. The summed E-state index contributed by atoms with van der Waals surface area (Å²) in [5.74, 6) is -0.102. The highest BCUT2D eigenvalue weighted by Crippen LogP contribution is 2.29. The fourth-order valence-electron chi connectivity index (χ4n) is 2.41. The first-order chi connectivity index (χ1) is 13.6. The highest BCUT2D eigenvalue weighted by Gasteiger charge is 2.06. The van der Waals surface area contributed by atoms with Crippen molar-refractivity contribution in [3.63, 3.8) is 0 Å². The quantitative estimate of drug-likeness (QED) is 0.326. The van der Waals surface area contributed by atoms with E-state index in [0.717, 1.165) is 11.4 Å². The lowest BCUT2D eigenvalue weighted by atomic mass is 10.1. The summed E-state index contributed by atoms with van der Waals surface area (Å²) >= 11 is 0. The van der Waals surface area contributed by atoms with E-state index in [1.54, 1.807) is 18.3 Å². The molecule has 0 fully saturated rings. The van der Waals surface area contributed by atoms with Crippen molar-refractivity contribution in [3.05, 3.63) is 90.0 Å². The Balaban J connectivity index is 1.82. The van der Waals surface area contributed by atoms with Crippen LogP contribution >= 0.6 is 0 Å². The highest BCUT2D eigenvalue weighted by molar-refractivity contribution is 5.91. The molecular formula is C21H18FN3O3. The number of hydrogen-bond acceptors (Lipinski definition) is 5. The third-order valence-electron chi connectivity index (χ3n) is 3.78. The summed E-state index contributed by atoms with van der Waals surface area (Å²) in [5.41, 5.74) is 3.81. The second-order valence-electron chi connectivity index (χ2n) is 5.79. The van der Waals surface area contributed by atoms with Gasteiger partial charge in [0.1, 0.15) is 17.3 Å². The number of pyridine rings is 1. The van der Waals surface area contributed by atoms with E-state index >= 15 is 0 Å². The minimum atomic E-state index is -0.667.